The van der Waals surface area contributed by atoms with E-state index >= 15 is 0 Å². The third-order valence-corrected chi connectivity index (χ3v) is 1.85. The number of allylic oxidation sites excluding steroid dienone is 4. The standard InChI is InChI=1S/C5H5.Sn/c1-2-4-5-3-1;/h1-5H;. The Morgan fingerprint density at radius 1 is 1.17 bits per heavy atom. The van der Waals surface area contributed by atoms with E-state index in [9.17, 15) is 0 Å². The molecule has 0 amide bonds. The first-order chi connectivity index (χ1) is 2.89. The number of hydrogen-bond acceptors (Lipinski definition) is 0. The molecular formula is C5H5Sn. The molecule has 0 aromatic rings. The second-order valence-electron chi connectivity index (χ2n) is 1.30. The summed E-state index contributed by atoms with van der Waals surface area (Å²) in [6.07, 6.45) is 8.61. The quantitative estimate of drug-likeness (QED) is 0.493. The van der Waals surface area contributed by atoms with Crippen molar-refractivity contribution in [2.75, 3.05) is 0 Å². The predicted octanol–water partition coefficient (Wildman–Crippen LogP) is 1.07. The Morgan fingerprint density at radius 2 is 1.67 bits per heavy atom. The molecule has 0 nitrogen and oxygen atoms in total. The van der Waals surface area contributed by atoms with E-state index in [1.54, 1.807) is 22.5 Å². The van der Waals surface area contributed by atoms with E-state index in [1.807, 2.05) is 0 Å². The van der Waals surface area contributed by atoms with Gasteiger partial charge in [0, 0.05) is 0 Å². The van der Waals surface area contributed by atoms with Crippen LogP contribution in [0.15, 0.2) is 24.3 Å². The molecule has 3 radical (unpaired) electrons. The molecule has 0 aliphatic heterocycles. The van der Waals surface area contributed by atoms with Crippen molar-refractivity contribution in [1.29, 1.82) is 0 Å². The summed E-state index contributed by atoms with van der Waals surface area (Å²) < 4.78 is 0.775. The van der Waals surface area contributed by atoms with Crippen LogP contribution < -0.4 is 0 Å². The Kier molecular flexibility index (Phi) is 1.35. The Hall–Kier alpha value is 0.279. The van der Waals surface area contributed by atoms with Crippen molar-refractivity contribution < 1.29 is 0 Å². The zero-order chi connectivity index (χ0) is 4.41. The van der Waals surface area contributed by atoms with E-state index in [1.165, 1.54) is 0 Å². The van der Waals surface area contributed by atoms with Crippen molar-refractivity contribution in [1.82, 2.24) is 0 Å². The average molecular weight is 184 g/mol. The normalized spacial score (nSPS) is 20.2. The summed E-state index contributed by atoms with van der Waals surface area (Å²) in [4.78, 5) is 0. The Labute approximate surface area is 51.0 Å². The Balaban J connectivity index is 2.60. The minimum absolute atomic E-state index is 0.775. The van der Waals surface area contributed by atoms with E-state index in [0.29, 0.717) is 0 Å². The molecule has 0 aromatic heterocycles. The Morgan fingerprint density at radius 3 is 1.83 bits per heavy atom. The van der Waals surface area contributed by atoms with Crippen LogP contribution in [-0.2, 0) is 0 Å². The van der Waals surface area contributed by atoms with Crippen LogP contribution in [0.2, 0.25) is 3.93 Å². The van der Waals surface area contributed by atoms with Crippen LogP contribution in [0.1, 0.15) is 0 Å². The molecule has 0 heterocycles. The molecular weight excluding hydrogens is 179 g/mol. The molecule has 6 heavy (non-hydrogen) atoms. The van der Waals surface area contributed by atoms with E-state index in [0.717, 1.165) is 3.93 Å². The third-order valence-electron chi connectivity index (χ3n) is 0.748. The van der Waals surface area contributed by atoms with Gasteiger partial charge in [0.25, 0.3) is 0 Å². The summed E-state index contributed by atoms with van der Waals surface area (Å²) >= 11 is 1.59. The summed E-state index contributed by atoms with van der Waals surface area (Å²) in [5.74, 6) is 0. The second-order valence-corrected chi connectivity index (χ2v) is 3.20. The van der Waals surface area contributed by atoms with E-state index in [-0.39, 0.29) is 0 Å². The SMILES string of the molecule is [Sn][CH]1C=CC=C1. The number of rotatable bonds is 0. The molecule has 1 rings (SSSR count). The molecule has 1 aliphatic rings. The number of hydrogen-bond donors (Lipinski definition) is 0. The van der Waals surface area contributed by atoms with Gasteiger partial charge in [-0.25, -0.2) is 0 Å². The van der Waals surface area contributed by atoms with E-state index < -0.39 is 0 Å². The fourth-order valence-electron chi connectivity index (χ4n) is 0.432. The molecule has 0 bridgehead atoms. The maximum atomic E-state index is 2.21. The van der Waals surface area contributed by atoms with Gasteiger partial charge in [-0.15, -0.1) is 0 Å². The summed E-state index contributed by atoms with van der Waals surface area (Å²) in [5, 5.41) is 0. The van der Waals surface area contributed by atoms with Crippen molar-refractivity contribution in [2.24, 2.45) is 0 Å². The predicted molar refractivity (Wildman–Crippen MR) is 27.8 cm³/mol. The minimum atomic E-state index is 0.775. The van der Waals surface area contributed by atoms with Gasteiger partial charge in [0.1, 0.15) is 0 Å². The van der Waals surface area contributed by atoms with Crippen molar-refractivity contribution in [3.63, 3.8) is 0 Å². The second kappa shape index (κ2) is 1.82. The van der Waals surface area contributed by atoms with E-state index in [4.69, 9.17) is 0 Å². The molecule has 1 heteroatoms. The summed E-state index contributed by atoms with van der Waals surface area (Å²) in [5.41, 5.74) is 0. The van der Waals surface area contributed by atoms with Gasteiger partial charge in [-0.1, -0.05) is 0 Å². The molecule has 0 aromatic carbocycles. The van der Waals surface area contributed by atoms with Crippen LogP contribution in [0.5, 0.6) is 0 Å². The topological polar surface area (TPSA) is 0 Å². The molecule has 0 fully saturated rings. The monoisotopic (exact) mass is 185 g/mol. The first-order valence-electron chi connectivity index (χ1n) is 1.96. The molecule has 0 unspecified atom stereocenters. The maximum absolute atomic E-state index is 2.21. The van der Waals surface area contributed by atoms with Crippen molar-refractivity contribution in [2.45, 2.75) is 3.93 Å². The van der Waals surface area contributed by atoms with E-state index in [2.05, 4.69) is 24.3 Å². The fourth-order valence-corrected chi connectivity index (χ4v) is 1.07. The molecule has 1 aliphatic carbocycles. The van der Waals surface area contributed by atoms with Crippen LogP contribution in [0.3, 0.4) is 0 Å². The average Bonchev–Trinajstić information content (AvgIpc) is 1.86. The van der Waals surface area contributed by atoms with Gasteiger partial charge in [0.15, 0.2) is 0 Å². The summed E-state index contributed by atoms with van der Waals surface area (Å²) in [7, 11) is 0. The van der Waals surface area contributed by atoms with Gasteiger partial charge in [0.05, 0.1) is 0 Å². The first-order valence-corrected chi connectivity index (χ1v) is 3.60. The zero-order valence-corrected chi connectivity index (χ0v) is 6.24. The van der Waals surface area contributed by atoms with Crippen LogP contribution in [-0.4, -0.2) is 22.5 Å². The van der Waals surface area contributed by atoms with Gasteiger partial charge < -0.3 is 0 Å². The third kappa shape index (κ3) is 0.868. The molecule has 0 N–H and O–H groups in total. The fraction of sp³-hybridized carbons (Fsp3) is 0.200. The van der Waals surface area contributed by atoms with Gasteiger partial charge in [-0.2, -0.15) is 0 Å². The van der Waals surface area contributed by atoms with Gasteiger partial charge in [-0.05, 0) is 0 Å². The summed E-state index contributed by atoms with van der Waals surface area (Å²) in [6.45, 7) is 0. The van der Waals surface area contributed by atoms with Crippen LogP contribution in [0.25, 0.3) is 0 Å². The van der Waals surface area contributed by atoms with Crippen LogP contribution in [0.4, 0.5) is 0 Å². The Bertz CT molecular complexity index is 80.1. The van der Waals surface area contributed by atoms with Crippen molar-refractivity contribution >= 4 is 22.5 Å². The molecule has 29 valence electrons. The molecule has 0 saturated carbocycles. The van der Waals surface area contributed by atoms with Crippen LogP contribution >= 0.6 is 0 Å². The van der Waals surface area contributed by atoms with Crippen LogP contribution in [0, 0.1) is 0 Å². The van der Waals surface area contributed by atoms with Gasteiger partial charge in [0.2, 0.25) is 0 Å². The van der Waals surface area contributed by atoms with Gasteiger partial charge >= 0.3 is 50.8 Å². The van der Waals surface area contributed by atoms with Crippen molar-refractivity contribution in [3.8, 4) is 0 Å². The first kappa shape index (κ1) is 4.44. The van der Waals surface area contributed by atoms with Gasteiger partial charge in [-0.3, -0.25) is 0 Å². The summed E-state index contributed by atoms with van der Waals surface area (Å²) in [6, 6.07) is 0. The molecule has 0 spiro atoms. The molecule has 0 atom stereocenters. The zero-order valence-electron chi connectivity index (χ0n) is 3.39. The molecule has 0 saturated heterocycles. The van der Waals surface area contributed by atoms with Crippen molar-refractivity contribution in [3.05, 3.63) is 24.3 Å².